The maximum atomic E-state index is 5.22. The van der Waals surface area contributed by atoms with E-state index in [-0.39, 0.29) is 0 Å². The Balaban J connectivity index is 2.19. The number of benzene rings is 2. The number of nitrogens with two attached hydrogens (primary N) is 1. The molecule has 2 heteroatoms. The van der Waals surface area contributed by atoms with Gasteiger partial charge in [0.1, 0.15) is 0 Å². The van der Waals surface area contributed by atoms with Crippen molar-refractivity contribution in [2.45, 2.75) is 0 Å². The molecule has 2 nitrogen and oxygen atoms in total. The average molecular weight is 222 g/mol. The second-order valence-corrected chi connectivity index (χ2v) is 3.58. The van der Waals surface area contributed by atoms with E-state index in [1.807, 2.05) is 30.3 Å². The summed E-state index contributed by atoms with van der Waals surface area (Å²) in [5.41, 5.74) is 8.55. The Morgan fingerprint density at radius 1 is 0.824 bits per heavy atom. The molecule has 0 saturated heterocycles. The largest absolute Gasteiger partial charge is 0.405 e. The number of rotatable bonds is 3. The molecule has 0 unspecified atom stereocenters. The fourth-order valence-corrected chi connectivity index (χ4v) is 1.55. The number of nitrogens with zero attached hydrogens (tertiary/aromatic N) is 1. The van der Waals surface area contributed by atoms with Gasteiger partial charge in [-0.2, -0.15) is 0 Å². The lowest BCUT2D eigenvalue weighted by molar-refractivity contribution is 1.52. The van der Waals surface area contributed by atoms with Crippen LogP contribution in [-0.2, 0) is 0 Å². The first-order valence-corrected chi connectivity index (χ1v) is 5.46. The molecule has 0 radical (unpaired) electrons. The van der Waals surface area contributed by atoms with Gasteiger partial charge >= 0.3 is 0 Å². The molecule has 2 N–H and O–H groups in total. The van der Waals surface area contributed by atoms with Gasteiger partial charge in [0.15, 0.2) is 0 Å². The van der Waals surface area contributed by atoms with Crippen LogP contribution in [0.5, 0.6) is 0 Å². The Labute approximate surface area is 101 Å². The third-order valence-corrected chi connectivity index (χ3v) is 2.40. The van der Waals surface area contributed by atoms with Gasteiger partial charge in [0, 0.05) is 6.21 Å². The van der Waals surface area contributed by atoms with E-state index in [1.165, 1.54) is 17.3 Å². The molecule has 0 spiro atoms. The van der Waals surface area contributed by atoms with Crippen molar-refractivity contribution in [2.24, 2.45) is 10.7 Å². The smallest absolute Gasteiger partial charge is 0.0630 e. The Kier molecular flexibility index (Phi) is 3.71. The minimum Gasteiger partial charge on any atom is -0.405 e. The Bertz CT molecular complexity index is 510. The summed E-state index contributed by atoms with van der Waals surface area (Å²) in [5.74, 6) is 0. The molecule has 0 heterocycles. The van der Waals surface area contributed by atoms with Crippen molar-refractivity contribution in [3.63, 3.8) is 0 Å². The Morgan fingerprint density at radius 2 is 1.47 bits per heavy atom. The van der Waals surface area contributed by atoms with Gasteiger partial charge in [0.25, 0.3) is 0 Å². The second kappa shape index (κ2) is 5.66. The number of aliphatic imine (C=N–C) groups is 1. The van der Waals surface area contributed by atoms with Gasteiger partial charge in [-0.1, -0.05) is 42.5 Å². The molecule has 17 heavy (non-hydrogen) atoms. The highest BCUT2D eigenvalue weighted by molar-refractivity contribution is 5.75. The maximum Gasteiger partial charge on any atom is 0.0630 e. The molecule has 0 aliphatic carbocycles. The standard InChI is InChI=1S/C15H14N2/c16-11-4-12-17-15-9-7-14(8-10-15)13-5-2-1-3-6-13/h1-12H,16H2. The van der Waals surface area contributed by atoms with Crippen LogP contribution in [0.2, 0.25) is 0 Å². The summed E-state index contributed by atoms with van der Waals surface area (Å²) >= 11 is 0. The van der Waals surface area contributed by atoms with E-state index in [4.69, 9.17) is 5.73 Å². The molecule has 0 bridgehead atoms. The summed E-state index contributed by atoms with van der Waals surface area (Å²) in [6, 6.07) is 18.4. The van der Waals surface area contributed by atoms with Gasteiger partial charge in [0.05, 0.1) is 5.69 Å². The predicted octanol–water partition coefficient (Wildman–Crippen LogP) is 3.53. The second-order valence-electron chi connectivity index (χ2n) is 3.58. The number of allylic oxidation sites excluding steroid dienone is 1. The molecular weight excluding hydrogens is 208 g/mol. The molecule has 0 fully saturated rings. The quantitative estimate of drug-likeness (QED) is 0.793. The molecule has 0 amide bonds. The lowest BCUT2D eigenvalue weighted by atomic mass is 10.1. The summed E-state index contributed by atoms with van der Waals surface area (Å²) in [5, 5.41) is 0. The van der Waals surface area contributed by atoms with E-state index < -0.39 is 0 Å². The number of hydrogen-bond donors (Lipinski definition) is 1. The highest BCUT2D eigenvalue weighted by atomic mass is 14.7. The molecule has 2 aromatic carbocycles. The van der Waals surface area contributed by atoms with Crippen LogP contribution >= 0.6 is 0 Å². The van der Waals surface area contributed by atoms with Crippen molar-refractivity contribution in [2.75, 3.05) is 0 Å². The highest BCUT2D eigenvalue weighted by Gasteiger charge is 1.95. The zero-order valence-electron chi connectivity index (χ0n) is 9.45. The summed E-state index contributed by atoms with van der Waals surface area (Å²) in [7, 11) is 0. The van der Waals surface area contributed by atoms with E-state index in [0.29, 0.717) is 0 Å². The van der Waals surface area contributed by atoms with Crippen LogP contribution in [0.15, 0.2) is 71.9 Å². The maximum absolute atomic E-state index is 5.22. The fraction of sp³-hybridized carbons (Fsp3) is 0. The first-order valence-electron chi connectivity index (χ1n) is 5.46. The molecule has 0 atom stereocenters. The SMILES string of the molecule is NC=CC=Nc1ccc(-c2ccccc2)cc1. The average Bonchev–Trinajstić information content (AvgIpc) is 2.41. The molecule has 2 aromatic rings. The summed E-state index contributed by atoms with van der Waals surface area (Å²) < 4.78 is 0. The van der Waals surface area contributed by atoms with Crippen molar-refractivity contribution in [1.29, 1.82) is 0 Å². The normalized spacial score (nSPS) is 11.3. The van der Waals surface area contributed by atoms with Gasteiger partial charge in [-0.3, -0.25) is 4.99 Å². The van der Waals surface area contributed by atoms with Crippen LogP contribution < -0.4 is 5.73 Å². The lowest BCUT2D eigenvalue weighted by Gasteiger charge is -2.01. The van der Waals surface area contributed by atoms with E-state index in [9.17, 15) is 0 Å². The van der Waals surface area contributed by atoms with Crippen molar-refractivity contribution >= 4 is 11.9 Å². The summed E-state index contributed by atoms with van der Waals surface area (Å²) in [4.78, 5) is 4.24. The first kappa shape index (κ1) is 11.1. The fourth-order valence-electron chi connectivity index (χ4n) is 1.55. The Hall–Kier alpha value is -2.35. The van der Waals surface area contributed by atoms with Gasteiger partial charge in [-0.25, -0.2) is 0 Å². The van der Waals surface area contributed by atoms with Gasteiger partial charge in [0.2, 0.25) is 0 Å². The lowest BCUT2D eigenvalue weighted by Crippen LogP contribution is -1.77. The van der Waals surface area contributed by atoms with Crippen molar-refractivity contribution in [3.8, 4) is 11.1 Å². The topological polar surface area (TPSA) is 38.4 Å². The minimum atomic E-state index is 0.919. The van der Waals surface area contributed by atoms with Crippen LogP contribution in [0.3, 0.4) is 0 Å². The number of hydrogen-bond acceptors (Lipinski definition) is 2. The minimum absolute atomic E-state index is 0.919. The first-order chi connectivity index (χ1) is 8.40. The molecular formula is C15H14N2. The molecule has 0 aliphatic heterocycles. The van der Waals surface area contributed by atoms with Gasteiger partial charge in [-0.05, 0) is 35.5 Å². The van der Waals surface area contributed by atoms with E-state index in [0.717, 1.165) is 5.69 Å². The Morgan fingerprint density at radius 3 is 2.12 bits per heavy atom. The van der Waals surface area contributed by atoms with Gasteiger partial charge < -0.3 is 5.73 Å². The van der Waals surface area contributed by atoms with Crippen LogP contribution in [0, 0.1) is 0 Å². The molecule has 84 valence electrons. The zero-order chi connectivity index (χ0) is 11.9. The van der Waals surface area contributed by atoms with Crippen LogP contribution in [0.4, 0.5) is 5.69 Å². The van der Waals surface area contributed by atoms with Gasteiger partial charge in [-0.15, -0.1) is 0 Å². The summed E-state index contributed by atoms with van der Waals surface area (Å²) in [6.07, 6.45) is 4.84. The van der Waals surface area contributed by atoms with E-state index in [2.05, 4.69) is 29.3 Å². The van der Waals surface area contributed by atoms with Crippen molar-refractivity contribution < 1.29 is 0 Å². The summed E-state index contributed by atoms with van der Waals surface area (Å²) in [6.45, 7) is 0. The highest BCUT2D eigenvalue weighted by Crippen LogP contribution is 2.21. The van der Waals surface area contributed by atoms with E-state index in [1.54, 1.807) is 12.3 Å². The monoisotopic (exact) mass is 222 g/mol. The molecule has 2 rings (SSSR count). The van der Waals surface area contributed by atoms with Crippen LogP contribution in [0.1, 0.15) is 0 Å². The van der Waals surface area contributed by atoms with Crippen molar-refractivity contribution in [3.05, 3.63) is 66.9 Å². The van der Waals surface area contributed by atoms with Crippen LogP contribution in [-0.4, -0.2) is 6.21 Å². The molecule has 0 aromatic heterocycles. The molecule has 0 saturated carbocycles. The zero-order valence-corrected chi connectivity index (χ0v) is 9.45. The third kappa shape index (κ3) is 3.05. The molecule has 0 aliphatic rings. The van der Waals surface area contributed by atoms with Crippen LogP contribution in [0.25, 0.3) is 11.1 Å². The van der Waals surface area contributed by atoms with Crippen molar-refractivity contribution in [1.82, 2.24) is 0 Å². The van der Waals surface area contributed by atoms with E-state index >= 15 is 0 Å². The predicted molar refractivity (Wildman–Crippen MR) is 73.4 cm³/mol. The third-order valence-electron chi connectivity index (χ3n) is 2.40.